The Morgan fingerprint density at radius 1 is 1.35 bits per heavy atom. The highest BCUT2D eigenvalue weighted by atomic mass is 16.3. The number of hydrogen-bond acceptors (Lipinski definition) is 4. The number of aliphatic hydroxyl groups excluding tert-OH is 1. The lowest BCUT2D eigenvalue weighted by Crippen LogP contribution is -2.34. The predicted octanol–water partition coefficient (Wildman–Crippen LogP) is 2.00. The first-order valence-corrected chi connectivity index (χ1v) is 5.56. The van der Waals surface area contributed by atoms with Crippen LogP contribution in [-0.4, -0.2) is 22.2 Å². The van der Waals surface area contributed by atoms with Gasteiger partial charge in [-0.05, 0) is 38.1 Å². The average molecular weight is 231 g/mol. The van der Waals surface area contributed by atoms with Gasteiger partial charge in [-0.1, -0.05) is 0 Å². The van der Waals surface area contributed by atoms with Gasteiger partial charge < -0.3 is 16.2 Å². The molecule has 0 spiro atoms. The van der Waals surface area contributed by atoms with Crippen molar-refractivity contribution in [2.24, 2.45) is 0 Å². The molecule has 1 aromatic heterocycles. The number of nitrogens with zero attached hydrogens (tertiary/aromatic N) is 1. The number of aliphatic hydroxyl groups is 1. The smallest absolute Gasteiger partial charge is 0.0951 e. The van der Waals surface area contributed by atoms with Gasteiger partial charge in [0.15, 0.2) is 0 Å². The maximum atomic E-state index is 9.28. The zero-order valence-corrected chi connectivity index (χ0v) is 10.1. The van der Waals surface area contributed by atoms with Gasteiger partial charge in [-0.3, -0.25) is 4.98 Å². The molecule has 2 aromatic rings. The summed E-state index contributed by atoms with van der Waals surface area (Å²) in [6.07, 6.45) is 1.72. The third-order valence-corrected chi connectivity index (χ3v) is 2.67. The lowest BCUT2D eigenvalue weighted by atomic mass is 10.0. The Morgan fingerprint density at radius 3 is 2.82 bits per heavy atom. The van der Waals surface area contributed by atoms with Gasteiger partial charge in [-0.15, -0.1) is 0 Å². The van der Waals surface area contributed by atoms with E-state index in [1.54, 1.807) is 6.20 Å². The van der Waals surface area contributed by atoms with E-state index in [-0.39, 0.29) is 12.1 Å². The van der Waals surface area contributed by atoms with E-state index in [1.807, 2.05) is 38.1 Å². The van der Waals surface area contributed by atoms with E-state index in [1.165, 1.54) is 0 Å². The van der Waals surface area contributed by atoms with Crippen LogP contribution in [0.5, 0.6) is 0 Å². The van der Waals surface area contributed by atoms with Crippen LogP contribution in [0.2, 0.25) is 0 Å². The highest BCUT2D eigenvalue weighted by molar-refractivity contribution is 5.98. The number of nitrogens with two attached hydrogens (primary N) is 1. The highest BCUT2D eigenvalue weighted by Gasteiger charge is 2.17. The van der Waals surface area contributed by atoms with Crippen molar-refractivity contribution in [1.29, 1.82) is 0 Å². The summed E-state index contributed by atoms with van der Waals surface area (Å²) in [6, 6.07) is 7.58. The number of anilines is 2. The van der Waals surface area contributed by atoms with Crippen LogP contribution in [0.25, 0.3) is 10.9 Å². The molecular weight excluding hydrogens is 214 g/mol. The SMILES string of the molecule is CC(C)(CO)Nc1ccc(N)c2ncccc12. The van der Waals surface area contributed by atoms with E-state index in [9.17, 15) is 5.11 Å². The van der Waals surface area contributed by atoms with E-state index in [2.05, 4.69) is 10.3 Å². The van der Waals surface area contributed by atoms with Crippen molar-refractivity contribution in [3.8, 4) is 0 Å². The third-order valence-electron chi connectivity index (χ3n) is 2.67. The molecule has 0 radical (unpaired) electrons. The standard InChI is InChI=1S/C13H17N3O/c1-13(2,8-17)16-11-6-5-10(14)12-9(11)4-3-7-15-12/h3-7,16-17H,8,14H2,1-2H3. The molecule has 4 nitrogen and oxygen atoms in total. The van der Waals surface area contributed by atoms with Crippen LogP contribution in [0.1, 0.15) is 13.8 Å². The maximum Gasteiger partial charge on any atom is 0.0951 e. The van der Waals surface area contributed by atoms with Gasteiger partial charge in [0, 0.05) is 17.3 Å². The van der Waals surface area contributed by atoms with Gasteiger partial charge in [-0.25, -0.2) is 0 Å². The van der Waals surface area contributed by atoms with Crippen molar-refractivity contribution < 1.29 is 5.11 Å². The van der Waals surface area contributed by atoms with Gasteiger partial charge in [-0.2, -0.15) is 0 Å². The molecule has 1 aromatic carbocycles. The van der Waals surface area contributed by atoms with Gasteiger partial charge in [0.25, 0.3) is 0 Å². The fourth-order valence-electron chi connectivity index (χ4n) is 1.71. The number of benzene rings is 1. The van der Waals surface area contributed by atoms with Crippen LogP contribution in [0.3, 0.4) is 0 Å². The van der Waals surface area contributed by atoms with Gasteiger partial charge in [0.2, 0.25) is 0 Å². The van der Waals surface area contributed by atoms with E-state index < -0.39 is 0 Å². The molecule has 0 atom stereocenters. The minimum atomic E-state index is -0.376. The van der Waals surface area contributed by atoms with Gasteiger partial charge >= 0.3 is 0 Å². The number of hydrogen-bond donors (Lipinski definition) is 3. The third kappa shape index (κ3) is 2.31. The van der Waals surface area contributed by atoms with E-state index in [4.69, 9.17) is 5.73 Å². The molecule has 17 heavy (non-hydrogen) atoms. The molecule has 0 bridgehead atoms. The molecule has 2 rings (SSSR count). The van der Waals surface area contributed by atoms with E-state index in [0.717, 1.165) is 16.6 Å². The van der Waals surface area contributed by atoms with Gasteiger partial charge in [0.1, 0.15) is 0 Å². The maximum absolute atomic E-state index is 9.28. The molecular formula is C13H17N3O. The molecule has 0 unspecified atom stereocenters. The summed E-state index contributed by atoms with van der Waals surface area (Å²) in [5.74, 6) is 0. The Kier molecular flexibility index (Phi) is 2.90. The van der Waals surface area contributed by atoms with Crippen LogP contribution in [0, 0.1) is 0 Å². The molecule has 0 aliphatic carbocycles. The number of nitrogen functional groups attached to an aromatic ring is 1. The molecule has 0 amide bonds. The quantitative estimate of drug-likeness (QED) is 0.706. The summed E-state index contributed by atoms with van der Waals surface area (Å²) in [6.45, 7) is 3.93. The lowest BCUT2D eigenvalue weighted by molar-refractivity contribution is 0.234. The molecule has 0 fully saturated rings. The molecule has 0 saturated heterocycles. The van der Waals surface area contributed by atoms with Crippen LogP contribution in [-0.2, 0) is 0 Å². The van der Waals surface area contributed by atoms with Crippen LogP contribution < -0.4 is 11.1 Å². The number of rotatable bonds is 3. The monoisotopic (exact) mass is 231 g/mol. The second kappa shape index (κ2) is 4.22. The Morgan fingerprint density at radius 2 is 2.12 bits per heavy atom. The first-order valence-electron chi connectivity index (χ1n) is 5.56. The van der Waals surface area contributed by atoms with E-state index >= 15 is 0 Å². The van der Waals surface area contributed by atoms with Crippen molar-refractivity contribution in [2.45, 2.75) is 19.4 Å². The Labute approximate surface area is 100 Å². The fourth-order valence-corrected chi connectivity index (χ4v) is 1.71. The summed E-state index contributed by atoms with van der Waals surface area (Å²) >= 11 is 0. The first kappa shape index (κ1) is 11.7. The molecule has 1 heterocycles. The zero-order chi connectivity index (χ0) is 12.5. The predicted molar refractivity (Wildman–Crippen MR) is 70.9 cm³/mol. The molecule has 4 heteroatoms. The van der Waals surface area contributed by atoms with Gasteiger partial charge in [0.05, 0.1) is 23.3 Å². The number of nitrogens with one attached hydrogen (secondary N) is 1. The Bertz CT molecular complexity index is 537. The van der Waals surface area contributed by atoms with Crippen molar-refractivity contribution >= 4 is 22.3 Å². The molecule has 0 aliphatic rings. The molecule has 0 saturated carbocycles. The second-order valence-electron chi connectivity index (χ2n) is 4.77. The fraction of sp³-hybridized carbons (Fsp3) is 0.308. The summed E-state index contributed by atoms with van der Waals surface area (Å²) in [5, 5.41) is 13.5. The first-order chi connectivity index (χ1) is 8.03. The van der Waals surface area contributed by atoms with Crippen LogP contribution >= 0.6 is 0 Å². The normalized spacial score (nSPS) is 11.7. The Balaban J connectivity index is 2.52. The Hall–Kier alpha value is -1.81. The second-order valence-corrected chi connectivity index (χ2v) is 4.77. The van der Waals surface area contributed by atoms with Crippen LogP contribution in [0.15, 0.2) is 30.5 Å². The van der Waals surface area contributed by atoms with Crippen molar-refractivity contribution in [2.75, 3.05) is 17.7 Å². The molecule has 0 aliphatic heterocycles. The highest BCUT2D eigenvalue weighted by Crippen LogP contribution is 2.28. The number of pyridine rings is 1. The topological polar surface area (TPSA) is 71.2 Å². The van der Waals surface area contributed by atoms with Crippen molar-refractivity contribution in [1.82, 2.24) is 4.98 Å². The van der Waals surface area contributed by atoms with Crippen molar-refractivity contribution in [3.05, 3.63) is 30.5 Å². The van der Waals surface area contributed by atoms with Crippen LogP contribution in [0.4, 0.5) is 11.4 Å². The number of aromatic nitrogens is 1. The molecule has 90 valence electrons. The summed E-state index contributed by atoms with van der Waals surface area (Å²) in [5.41, 5.74) is 7.88. The van der Waals surface area contributed by atoms with E-state index in [0.29, 0.717) is 5.69 Å². The summed E-state index contributed by atoms with van der Waals surface area (Å²) in [7, 11) is 0. The lowest BCUT2D eigenvalue weighted by Gasteiger charge is -2.25. The van der Waals surface area contributed by atoms with Crippen molar-refractivity contribution in [3.63, 3.8) is 0 Å². The molecule has 4 N–H and O–H groups in total. The minimum Gasteiger partial charge on any atom is -0.397 e. The number of fused-ring (bicyclic) bond motifs is 1. The largest absolute Gasteiger partial charge is 0.397 e. The summed E-state index contributed by atoms with van der Waals surface area (Å²) in [4.78, 5) is 4.27. The summed E-state index contributed by atoms with van der Waals surface area (Å²) < 4.78 is 0. The average Bonchev–Trinajstić information content (AvgIpc) is 2.33. The minimum absolute atomic E-state index is 0.0547. The zero-order valence-electron chi connectivity index (χ0n) is 10.1.